The number of rotatable bonds is 6. The number of esters is 1. The van der Waals surface area contributed by atoms with Crippen molar-refractivity contribution in [2.45, 2.75) is 18.7 Å². The Morgan fingerprint density at radius 3 is 2.54 bits per heavy atom. The largest absolute Gasteiger partial charge is 0.462 e. The van der Waals surface area contributed by atoms with E-state index >= 15 is 0 Å². The second-order valence-electron chi connectivity index (χ2n) is 6.01. The first-order valence-electron chi connectivity index (χ1n) is 8.46. The summed E-state index contributed by atoms with van der Waals surface area (Å²) in [6.45, 7) is 3.68. The Kier molecular flexibility index (Phi) is 5.81. The topological polar surface area (TPSA) is 72.5 Å². The van der Waals surface area contributed by atoms with Crippen LogP contribution in [0, 0.1) is 12.7 Å². The van der Waals surface area contributed by atoms with Gasteiger partial charge in [0.05, 0.1) is 12.3 Å². The molecule has 8 heteroatoms. The molecule has 0 spiro atoms. The predicted molar refractivity (Wildman–Crippen MR) is 108 cm³/mol. The van der Waals surface area contributed by atoms with E-state index in [-0.39, 0.29) is 22.1 Å². The molecular formula is C20H18FNO4S2. The van der Waals surface area contributed by atoms with Crippen LogP contribution in [0.2, 0.25) is 0 Å². The lowest BCUT2D eigenvalue weighted by molar-refractivity contribution is 0.0528. The molecule has 0 fully saturated rings. The zero-order chi connectivity index (χ0) is 20.3. The Morgan fingerprint density at radius 2 is 1.89 bits per heavy atom. The highest BCUT2D eigenvalue weighted by molar-refractivity contribution is 7.93. The molecule has 5 nitrogen and oxygen atoms in total. The highest BCUT2D eigenvalue weighted by Gasteiger charge is 2.30. The molecule has 28 heavy (non-hydrogen) atoms. The van der Waals surface area contributed by atoms with Gasteiger partial charge in [-0.25, -0.2) is 17.6 Å². The molecule has 146 valence electrons. The average molecular weight is 419 g/mol. The van der Waals surface area contributed by atoms with Crippen LogP contribution >= 0.6 is 11.3 Å². The fraction of sp³-hybridized carbons (Fsp3) is 0.150. The van der Waals surface area contributed by atoms with Crippen molar-refractivity contribution in [3.05, 3.63) is 70.2 Å². The zero-order valence-corrected chi connectivity index (χ0v) is 16.9. The molecule has 1 heterocycles. The van der Waals surface area contributed by atoms with E-state index < -0.39 is 21.8 Å². The van der Waals surface area contributed by atoms with Crippen LogP contribution in [0.25, 0.3) is 11.1 Å². The van der Waals surface area contributed by atoms with Gasteiger partial charge in [0, 0.05) is 10.9 Å². The van der Waals surface area contributed by atoms with Gasteiger partial charge in [0.2, 0.25) is 0 Å². The molecule has 0 radical (unpaired) electrons. The maximum Gasteiger partial charge on any atom is 0.349 e. The van der Waals surface area contributed by atoms with E-state index in [4.69, 9.17) is 4.74 Å². The maximum absolute atomic E-state index is 13.5. The van der Waals surface area contributed by atoms with E-state index in [1.54, 1.807) is 24.4 Å². The number of halogens is 1. The Labute approximate surface area is 166 Å². The molecule has 1 aromatic heterocycles. The van der Waals surface area contributed by atoms with Crippen molar-refractivity contribution in [1.29, 1.82) is 0 Å². The number of thiophene rings is 1. The van der Waals surface area contributed by atoms with Crippen molar-refractivity contribution in [1.82, 2.24) is 0 Å². The highest BCUT2D eigenvalue weighted by Crippen LogP contribution is 2.37. The fourth-order valence-electron chi connectivity index (χ4n) is 2.64. The smallest absolute Gasteiger partial charge is 0.349 e. The van der Waals surface area contributed by atoms with Gasteiger partial charge in [-0.3, -0.25) is 4.72 Å². The number of anilines is 1. The molecule has 3 rings (SSSR count). The first-order chi connectivity index (χ1) is 13.3. The first-order valence-corrected chi connectivity index (χ1v) is 10.8. The van der Waals surface area contributed by atoms with E-state index in [2.05, 4.69) is 4.72 Å². The third kappa shape index (κ3) is 4.23. The lowest BCUT2D eigenvalue weighted by Crippen LogP contribution is -2.17. The maximum atomic E-state index is 13.5. The molecule has 0 aliphatic rings. The molecule has 0 bridgehead atoms. The van der Waals surface area contributed by atoms with Crippen LogP contribution in [-0.2, 0) is 14.8 Å². The van der Waals surface area contributed by atoms with Gasteiger partial charge in [0.25, 0.3) is 10.0 Å². The van der Waals surface area contributed by atoms with E-state index in [0.717, 1.165) is 23.0 Å². The Hall–Kier alpha value is -2.71. The van der Waals surface area contributed by atoms with Crippen molar-refractivity contribution in [2.24, 2.45) is 0 Å². The number of aryl methyl sites for hydroxylation is 1. The third-order valence-electron chi connectivity index (χ3n) is 3.91. The summed E-state index contributed by atoms with van der Waals surface area (Å²) >= 11 is 0.996. The summed E-state index contributed by atoms with van der Waals surface area (Å²) in [6.07, 6.45) is 0. The van der Waals surface area contributed by atoms with Crippen molar-refractivity contribution in [2.75, 3.05) is 11.3 Å². The van der Waals surface area contributed by atoms with Crippen LogP contribution in [-0.4, -0.2) is 21.0 Å². The van der Waals surface area contributed by atoms with Crippen molar-refractivity contribution < 1.29 is 22.3 Å². The minimum atomic E-state index is -4.18. The lowest BCUT2D eigenvalue weighted by atomic mass is 10.1. The number of sulfonamides is 1. The van der Waals surface area contributed by atoms with E-state index in [0.29, 0.717) is 11.1 Å². The Balaban J connectivity index is 2.13. The number of nitrogens with one attached hydrogen (secondary N) is 1. The van der Waals surface area contributed by atoms with E-state index in [9.17, 15) is 17.6 Å². The summed E-state index contributed by atoms with van der Waals surface area (Å²) in [5, 5.41) is 1.61. The third-order valence-corrected chi connectivity index (χ3v) is 6.47. The first kappa shape index (κ1) is 20.0. The van der Waals surface area contributed by atoms with Crippen LogP contribution in [0.5, 0.6) is 0 Å². The van der Waals surface area contributed by atoms with E-state index in [1.807, 2.05) is 19.1 Å². The summed E-state index contributed by atoms with van der Waals surface area (Å²) in [5.41, 5.74) is 2.12. The van der Waals surface area contributed by atoms with E-state index in [1.165, 1.54) is 18.2 Å². The summed E-state index contributed by atoms with van der Waals surface area (Å²) in [5.74, 6) is -1.29. The second kappa shape index (κ2) is 8.12. The monoisotopic (exact) mass is 419 g/mol. The Morgan fingerprint density at radius 1 is 1.18 bits per heavy atom. The van der Waals surface area contributed by atoms with Crippen LogP contribution in [0.15, 0.2) is 58.8 Å². The number of hydrogen-bond acceptors (Lipinski definition) is 5. The van der Waals surface area contributed by atoms with Crippen molar-refractivity contribution in [3.63, 3.8) is 0 Å². The Bertz CT molecular complexity index is 1110. The zero-order valence-electron chi connectivity index (χ0n) is 15.2. The molecule has 0 aliphatic heterocycles. The summed E-state index contributed by atoms with van der Waals surface area (Å²) in [4.78, 5) is 12.2. The van der Waals surface area contributed by atoms with Gasteiger partial charge in [-0.2, -0.15) is 0 Å². The fourth-order valence-corrected chi connectivity index (χ4v) is 5.38. The molecule has 0 saturated heterocycles. The van der Waals surface area contributed by atoms with Crippen LogP contribution in [0.3, 0.4) is 0 Å². The molecule has 2 aromatic carbocycles. The molecule has 0 saturated carbocycles. The summed E-state index contributed by atoms with van der Waals surface area (Å²) < 4.78 is 47.1. The molecule has 0 unspecified atom stereocenters. The predicted octanol–water partition coefficient (Wildman–Crippen LogP) is 4.84. The van der Waals surface area contributed by atoms with Gasteiger partial charge < -0.3 is 4.74 Å². The number of benzene rings is 2. The van der Waals surface area contributed by atoms with Crippen molar-refractivity contribution >= 4 is 33.0 Å². The summed E-state index contributed by atoms with van der Waals surface area (Å²) in [6, 6.07) is 12.4. The molecule has 1 N–H and O–H groups in total. The van der Waals surface area contributed by atoms with Gasteiger partial charge in [-0.1, -0.05) is 35.9 Å². The standard InChI is InChI=1S/C20H18FNO4S2/c1-3-26-20(23)18-19(17(12-27-18)14-9-7-13(2)8-10-14)28(24,25)22-16-6-4-5-15(21)11-16/h4-12,22H,3H2,1-2H3. The average Bonchev–Trinajstić information content (AvgIpc) is 3.08. The number of ether oxygens (including phenoxy) is 1. The van der Waals surface area contributed by atoms with Crippen LogP contribution in [0.1, 0.15) is 22.2 Å². The van der Waals surface area contributed by atoms with Gasteiger partial charge in [0.15, 0.2) is 0 Å². The minimum Gasteiger partial charge on any atom is -0.462 e. The SMILES string of the molecule is CCOC(=O)c1scc(-c2ccc(C)cc2)c1S(=O)(=O)Nc1cccc(F)c1. The van der Waals surface area contributed by atoms with Crippen LogP contribution < -0.4 is 4.72 Å². The minimum absolute atomic E-state index is 0.0265. The molecule has 3 aromatic rings. The lowest BCUT2D eigenvalue weighted by Gasteiger charge is -2.12. The molecular weight excluding hydrogens is 401 g/mol. The quantitative estimate of drug-likeness (QED) is 0.580. The normalized spacial score (nSPS) is 11.2. The number of carbonyl (C=O) groups excluding carboxylic acids is 1. The van der Waals surface area contributed by atoms with Crippen LogP contribution in [0.4, 0.5) is 10.1 Å². The number of carbonyl (C=O) groups is 1. The summed E-state index contributed by atoms with van der Waals surface area (Å²) in [7, 11) is -4.18. The van der Waals surface area contributed by atoms with Gasteiger partial charge >= 0.3 is 5.97 Å². The van der Waals surface area contributed by atoms with Gasteiger partial charge in [0.1, 0.15) is 15.6 Å². The number of hydrogen-bond donors (Lipinski definition) is 1. The molecule has 0 atom stereocenters. The van der Waals surface area contributed by atoms with Crippen molar-refractivity contribution in [3.8, 4) is 11.1 Å². The van der Waals surface area contributed by atoms with Gasteiger partial charge in [-0.05, 0) is 37.6 Å². The molecule has 0 amide bonds. The second-order valence-corrected chi connectivity index (χ2v) is 8.51. The highest BCUT2D eigenvalue weighted by atomic mass is 32.2. The molecule has 0 aliphatic carbocycles. The van der Waals surface area contributed by atoms with Gasteiger partial charge in [-0.15, -0.1) is 11.3 Å².